The molecule has 2 aromatic carbocycles. The first-order valence-corrected chi connectivity index (χ1v) is 11.0. The molecule has 0 bridgehead atoms. The Kier molecular flexibility index (Phi) is 6.82. The molecule has 1 aliphatic rings. The average molecular weight is 453 g/mol. The van der Waals surface area contributed by atoms with Crippen molar-refractivity contribution in [1.29, 1.82) is 0 Å². The number of rotatable bonds is 6. The molecule has 1 aromatic heterocycles. The summed E-state index contributed by atoms with van der Waals surface area (Å²) in [4.78, 5) is 16.5. The molecule has 0 radical (unpaired) electrons. The lowest BCUT2D eigenvalue weighted by Gasteiger charge is -2.36. The zero-order valence-corrected chi connectivity index (χ0v) is 18.7. The Morgan fingerprint density at radius 2 is 1.73 bits per heavy atom. The molecule has 1 unspecified atom stereocenters. The molecule has 6 nitrogen and oxygen atoms in total. The van der Waals surface area contributed by atoms with E-state index >= 15 is 0 Å². The zero-order valence-electron chi connectivity index (χ0n) is 18.7. The first kappa shape index (κ1) is 22.6. The molecule has 8 heteroatoms. The van der Waals surface area contributed by atoms with Gasteiger partial charge in [0.05, 0.1) is 5.69 Å². The Morgan fingerprint density at radius 3 is 2.33 bits per heavy atom. The number of benzene rings is 2. The summed E-state index contributed by atoms with van der Waals surface area (Å²) in [6, 6.07) is 15.2. The van der Waals surface area contributed by atoms with E-state index in [2.05, 4.69) is 34.2 Å². The second-order valence-corrected chi connectivity index (χ2v) is 7.97. The number of piperazine rings is 1. The van der Waals surface area contributed by atoms with Crippen LogP contribution in [0.25, 0.3) is 11.3 Å². The Morgan fingerprint density at radius 1 is 1.00 bits per heavy atom. The van der Waals surface area contributed by atoms with Crippen molar-refractivity contribution in [2.24, 2.45) is 0 Å². The molecule has 1 aliphatic heterocycles. The van der Waals surface area contributed by atoms with Crippen molar-refractivity contribution in [3.63, 3.8) is 0 Å². The molecule has 0 N–H and O–H groups in total. The van der Waals surface area contributed by atoms with Crippen molar-refractivity contribution in [2.45, 2.75) is 26.4 Å². The van der Waals surface area contributed by atoms with Crippen molar-refractivity contribution in [3.05, 3.63) is 71.8 Å². The van der Waals surface area contributed by atoms with Gasteiger partial charge in [0.2, 0.25) is 0 Å². The van der Waals surface area contributed by atoms with Crippen molar-refractivity contribution < 1.29 is 18.3 Å². The van der Waals surface area contributed by atoms with E-state index in [1.165, 1.54) is 11.6 Å². The quantitative estimate of drug-likeness (QED) is 0.564. The number of nitrogens with zero attached hydrogens (tertiary/aromatic N) is 4. The first-order chi connectivity index (χ1) is 15.9. The largest absolute Gasteiger partial charge is 0.478 e. The molecule has 1 fully saturated rings. The number of aryl methyl sites for hydroxylation is 1. The van der Waals surface area contributed by atoms with Gasteiger partial charge in [-0.1, -0.05) is 31.2 Å². The van der Waals surface area contributed by atoms with Gasteiger partial charge < -0.3 is 14.5 Å². The highest BCUT2D eigenvalue weighted by molar-refractivity contribution is 5.81. The van der Waals surface area contributed by atoms with E-state index in [9.17, 15) is 13.6 Å². The third-order valence-electron chi connectivity index (χ3n) is 5.77. The summed E-state index contributed by atoms with van der Waals surface area (Å²) < 4.78 is 32.3. The molecule has 4 rings (SSSR count). The second kappa shape index (κ2) is 9.94. The lowest BCUT2D eigenvalue weighted by molar-refractivity contribution is -0.138. The minimum atomic E-state index is -0.880. The maximum absolute atomic E-state index is 13.8. The molecular weight excluding hydrogens is 426 g/mol. The monoisotopic (exact) mass is 452 g/mol. The van der Waals surface area contributed by atoms with Crippen LogP contribution >= 0.6 is 0 Å². The maximum Gasteiger partial charge on any atom is 0.263 e. The van der Waals surface area contributed by atoms with E-state index in [1.54, 1.807) is 11.8 Å². The number of ether oxygens (including phenoxy) is 1. The molecule has 0 aliphatic carbocycles. The molecule has 0 spiro atoms. The van der Waals surface area contributed by atoms with Gasteiger partial charge in [-0.05, 0) is 43.2 Å². The molecule has 1 atom stereocenters. The van der Waals surface area contributed by atoms with Crippen molar-refractivity contribution >= 4 is 11.7 Å². The van der Waals surface area contributed by atoms with E-state index in [0.717, 1.165) is 35.6 Å². The number of halogens is 2. The van der Waals surface area contributed by atoms with Gasteiger partial charge in [0.25, 0.3) is 5.91 Å². The van der Waals surface area contributed by atoms with Crippen LogP contribution in [0.2, 0.25) is 0 Å². The minimum absolute atomic E-state index is 0.143. The SMILES string of the molecule is CCc1ccc(-c2ccc(N3CCN(C(=O)C(C)Oc4ccc(F)cc4F)CC3)nn2)cc1. The van der Waals surface area contributed by atoms with E-state index in [0.29, 0.717) is 26.2 Å². The predicted octanol–water partition coefficient (Wildman–Crippen LogP) is 4.10. The second-order valence-electron chi connectivity index (χ2n) is 7.97. The summed E-state index contributed by atoms with van der Waals surface area (Å²) in [6.07, 6.45) is 0.114. The van der Waals surface area contributed by atoms with Crippen molar-refractivity contribution in [3.8, 4) is 17.0 Å². The van der Waals surface area contributed by atoms with Gasteiger partial charge in [-0.25, -0.2) is 8.78 Å². The van der Waals surface area contributed by atoms with Crippen molar-refractivity contribution in [2.75, 3.05) is 31.1 Å². The molecule has 1 amide bonds. The van der Waals surface area contributed by atoms with Gasteiger partial charge in [-0.3, -0.25) is 4.79 Å². The van der Waals surface area contributed by atoms with E-state index < -0.39 is 17.7 Å². The number of carbonyl (C=O) groups is 1. The summed E-state index contributed by atoms with van der Waals surface area (Å²) >= 11 is 0. The van der Waals surface area contributed by atoms with Gasteiger partial charge in [0.1, 0.15) is 5.82 Å². The molecule has 3 aromatic rings. The van der Waals surface area contributed by atoms with Crippen LogP contribution in [0.15, 0.2) is 54.6 Å². The summed E-state index contributed by atoms with van der Waals surface area (Å²) in [7, 11) is 0. The Bertz CT molecular complexity index is 1100. The van der Waals surface area contributed by atoms with Gasteiger partial charge in [0, 0.05) is 37.8 Å². The van der Waals surface area contributed by atoms with Crippen LogP contribution in [-0.4, -0.2) is 53.3 Å². The van der Waals surface area contributed by atoms with Gasteiger partial charge in [-0.2, -0.15) is 0 Å². The highest BCUT2D eigenvalue weighted by Crippen LogP contribution is 2.22. The third kappa shape index (κ3) is 5.27. The lowest BCUT2D eigenvalue weighted by Crippen LogP contribution is -2.52. The van der Waals surface area contributed by atoms with E-state index in [4.69, 9.17) is 4.74 Å². The van der Waals surface area contributed by atoms with Crippen LogP contribution in [0.5, 0.6) is 5.75 Å². The Hall–Kier alpha value is -3.55. The Labute approximate surface area is 191 Å². The number of hydrogen-bond donors (Lipinski definition) is 0. The van der Waals surface area contributed by atoms with Crippen LogP contribution in [0.4, 0.5) is 14.6 Å². The number of amides is 1. The smallest absolute Gasteiger partial charge is 0.263 e. The number of hydrogen-bond acceptors (Lipinski definition) is 5. The average Bonchev–Trinajstić information content (AvgIpc) is 2.85. The van der Waals surface area contributed by atoms with Crippen LogP contribution < -0.4 is 9.64 Å². The van der Waals surface area contributed by atoms with E-state index in [1.807, 2.05) is 24.3 Å². The highest BCUT2D eigenvalue weighted by Gasteiger charge is 2.27. The summed E-state index contributed by atoms with van der Waals surface area (Å²) in [5, 5.41) is 8.74. The maximum atomic E-state index is 13.8. The topological polar surface area (TPSA) is 58.6 Å². The van der Waals surface area contributed by atoms with Gasteiger partial charge in [-0.15, -0.1) is 10.2 Å². The fourth-order valence-electron chi connectivity index (χ4n) is 3.78. The summed E-state index contributed by atoms with van der Waals surface area (Å²) in [5.41, 5.74) is 3.11. The normalized spacial score (nSPS) is 14.8. The van der Waals surface area contributed by atoms with Crippen LogP contribution in [0.3, 0.4) is 0 Å². The minimum Gasteiger partial charge on any atom is -0.478 e. The van der Waals surface area contributed by atoms with Crippen molar-refractivity contribution in [1.82, 2.24) is 15.1 Å². The lowest BCUT2D eigenvalue weighted by atomic mass is 10.1. The zero-order chi connectivity index (χ0) is 23.4. The Balaban J connectivity index is 1.32. The van der Waals surface area contributed by atoms with Gasteiger partial charge in [0.15, 0.2) is 23.5 Å². The standard InChI is InChI=1S/C25H26F2N4O2/c1-3-18-4-6-19(7-5-18)22-9-11-24(29-28-22)30-12-14-31(15-13-30)25(32)17(2)33-23-10-8-20(26)16-21(23)27/h4-11,16-17H,3,12-15H2,1-2H3. The molecule has 1 saturated heterocycles. The number of anilines is 1. The molecular formula is C25H26F2N4O2. The summed E-state index contributed by atoms with van der Waals surface area (Å²) in [5.74, 6) is -1.15. The van der Waals surface area contributed by atoms with Gasteiger partial charge >= 0.3 is 0 Å². The van der Waals surface area contributed by atoms with Crippen LogP contribution in [0.1, 0.15) is 19.4 Å². The fraction of sp³-hybridized carbons (Fsp3) is 0.320. The number of aromatic nitrogens is 2. The fourth-order valence-corrected chi connectivity index (χ4v) is 3.78. The highest BCUT2D eigenvalue weighted by atomic mass is 19.1. The molecule has 33 heavy (non-hydrogen) atoms. The van der Waals surface area contributed by atoms with E-state index in [-0.39, 0.29) is 11.7 Å². The molecule has 172 valence electrons. The predicted molar refractivity (Wildman–Crippen MR) is 122 cm³/mol. The molecule has 2 heterocycles. The van der Waals surface area contributed by atoms with Crippen LogP contribution in [-0.2, 0) is 11.2 Å². The van der Waals surface area contributed by atoms with Crippen LogP contribution in [0, 0.1) is 11.6 Å². The third-order valence-corrected chi connectivity index (χ3v) is 5.77. The number of carbonyl (C=O) groups excluding carboxylic acids is 1. The molecule has 0 saturated carbocycles. The summed E-state index contributed by atoms with van der Waals surface area (Å²) in [6.45, 7) is 5.86. The first-order valence-electron chi connectivity index (χ1n) is 11.0.